The fourth-order valence-corrected chi connectivity index (χ4v) is 4.72. The van der Waals surface area contributed by atoms with Crippen molar-refractivity contribution in [3.8, 4) is 0 Å². The quantitative estimate of drug-likeness (QED) is 0.765. The number of benzene rings is 2. The summed E-state index contributed by atoms with van der Waals surface area (Å²) >= 11 is 7.68. The smallest absolute Gasteiger partial charge is 0.257 e. The van der Waals surface area contributed by atoms with E-state index in [9.17, 15) is 14.0 Å². The van der Waals surface area contributed by atoms with E-state index >= 15 is 0 Å². The lowest BCUT2D eigenvalue weighted by Gasteiger charge is -2.30. The molecule has 0 aromatic heterocycles. The SMILES string of the molecule is CC[C@@H](C)NC(=O)[C@H]1CS[C@H](c2cccc(F)c2)N1C(=O)c1ccccc1Cl. The van der Waals surface area contributed by atoms with Gasteiger partial charge >= 0.3 is 0 Å². The van der Waals surface area contributed by atoms with Crippen molar-refractivity contribution in [3.05, 3.63) is 70.5 Å². The molecule has 3 atom stereocenters. The predicted octanol–water partition coefficient (Wildman–Crippen LogP) is 4.65. The van der Waals surface area contributed by atoms with E-state index in [0.29, 0.717) is 21.9 Å². The van der Waals surface area contributed by atoms with Crippen molar-refractivity contribution >= 4 is 35.2 Å². The summed E-state index contributed by atoms with van der Waals surface area (Å²) in [6, 6.07) is 12.2. The van der Waals surface area contributed by atoms with Crippen LogP contribution < -0.4 is 5.32 Å². The van der Waals surface area contributed by atoms with E-state index in [0.717, 1.165) is 6.42 Å². The lowest BCUT2D eigenvalue weighted by Crippen LogP contribution is -2.50. The number of thioether (sulfide) groups is 1. The third-order valence-corrected chi connectivity index (χ3v) is 6.43. The second kappa shape index (κ2) is 8.97. The molecule has 2 amide bonds. The summed E-state index contributed by atoms with van der Waals surface area (Å²) in [7, 11) is 0. The molecule has 2 aromatic carbocycles. The highest BCUT2D eigenvalue weighted by molar-refractivity contribution is 7.99. The Hall–Kier alpha value is -2.05. The molecule has 28 heavy (non-hydrogen) atoms. The van der Waals surface area contributed by atoms with Crippen molar-refractivity contribution in [2.75, 3.05) is 5.75 Å². The fourth-order valence-electron chi connectivity index (χ4n) is 3.09. The molecule has 0 bridgehead atoms. The van der Waals surface area contributed by atoms with Crippen LogP contribution in [0.15, 0.2) is 48.5 Å². The van der Waals surface area contributed by atoms with E-state index in [2.05, 4.69) is 5.32 Å². The summed E-state index contributed by atoms with van der Waals surface area (Å²) in [4.78, 5) is 27.8. The minimum atomic E-state index is -0.656. The Morgan fingerprint density at radius 3 is 2.71 bits per heavy atom. The van der Waals surface area contributed by atoms with Gasteiger partial charge in [0.1, 0.15) is 17.2 Å². The summed E-state index contributed by atoms with van der Waals surface area (Å²) in [5.41, 5.74) is 0.971. The third kappa shape index (κ3) is 4.33. The first-order valence-corrected chi connectivity index (χ1v) is 10.6. The zero-order valence-electron chi connectivity index (χ0n) is 15.7. The van der Waals surface area contributed by atoms with Gasteiger partial charge in [-0.2, -0.15) is 0 Å². The van der Waals surface area contributed by atoms with Crippen molar-refractivity contribution in [2.45, 2.75) is 37.7 Å². The van der Waals surface area contributed by atoms with Crippen LogP contribution in [0.4, 0.5) is 4.39 Å². The second-order valence-corrected chi connectivity index (χ2v) is 8.29. The Labute approximate surface area is 173 Å². The van der Waals surface area contributed by atoms with Gasteiger partial charge in [0, 0.05) is 11.8 Å². The van der Waals surface area contributed by atoms with Crippen molar-refractivity contribution < 1.29 is 14.0 Å². The van der Waals surface area contributed by atoms with Gasteiger partial charge in [-0.1, -0.05) is 42.8 Å². The molecule has 148 valence electrons. The van der Waals surface area contributed by atoms with Gasteiger partial charge in [0.25, 0.3) is 5.91 Å². The average Bonchev–Trinajstić information content (AvgIpc) is 3.13. The van der Waals surface area contributed by atoms with Gasteiger partial charge in [0.15, 0.2) is 0 Å². The van der Waals surface area contributed by atoms with Crippen molar-refractivity contribution in [3.63, 3.8) is 0 Å². The van der Waals surface area contributed by atoms with E-state index < -0.39 is 11.4 Å². The minimum Gasteiger partial charge on any atom is -0.352 e. The summed E-state index contributed by atoms with van der Waals surface area (Å²) in [5, 5.41) is 2.81. The zero-order valence-corrected chi connectivity index (χ0v) is 17.3. The van der Waals surface area contributed by atoms with Gasteiger partial charge in [0.05, 0.1) is 10.6 Å². The van der Waals surface area contributed by atoms with E-state index in [1.807, 2.05) is 13.8 Å². The number of nitrogens with zero attached hydrogens (tertiary/aromatic N) is 1. The standard InChI is InChI=1S/C21H22ClFN2O2S/c1-3-13(2)24-19(26)18-12-28-21(14-7-6-8-15(23)11-14)25(18)20(27)16-9-4-5-10-17(16)22/h4-11,13,18,21H,3,12H2,1-2H3,(H,24,26)/t13-,18-,21-/m1/s1. The number of halogens is 2. The Morgan fingerprint density at radius 1 is 1.29 bits per heavy atom. The highest BCUT2D eigenvalue weighted by Gasteiger charge is 2.43. The Balaban J connectivity index is 1.98. The first-order chi connectivity index (χ1) is 13.4. The molecule has 3 rings (SSSR count). The van der Waals surface area contributed by atoms with Crippen LogP contribution >= 0.6 is 23.4 Å². The van der Waals surface area contributed by atoms with Gasteiger partial charge in [-0.25, -0.2) is 4.39 Å². The number of amides is 2. The van der Waals surface area contributed by atoms with Crippen molar-refractivity contribution in [2.24, 2.45) is 0 Å². The Bertz CT molecular complexity index is 879. The molecule has 4 nitrogen and oxygen atoms in total. The van der Waals surface area contributed by atoms with Crippen LogP contribution in [-0.2, 0) is 4.79 Å². The van der Waals surface area contributed by atoms with Gasteiger partial charge in [0.2, 0.25) is 5.91 Å². The number of nitrogens with one attached hydrogen (secondary N) is 1. The highest BCUT2D eigenvalue weighted by Crippen LogP contribution is 2.43. The van der Waals surface area contributed by atoms with E-state index in [4.69, 9.17) is 11.6 Å². The van der Waals surface area contributed by atoms with Crippen LogP contribution in [0.1, 0.15) is 41.6 Å². The number of rotatable bonds is 5. The van der Waals surface area contributed by atoms with E-state index in [1.165, 1.54) is 28.8 Å². The summed E-state index contributed by atoms with van der Waals surface area (Å²) in [5.74, 6) is -0.495. The lowest BCUT2D eigenvalue weighted by atomic mass is 10.1. The fraction of sp³-hybridized carbons (Fsp3) is 0.333. The number of carbonyl (C=O) groups is 2. The molecule has 1 aliphatic rings. The molecule has 0 spiro atoms. The van der Waals surface area contributed by atoms with Gasteiger partial charge < -0.3 is 10.2 Å². The molecule has 1 heterocycles. The van der Waals surface area contributed by atoms with Crippen LogP contribution in [0.5, 0.6) is 0 Å². The maximum atomic E-state index is 13.8. The highest BCUT2D eigenvalue weighted by atomic mass is 35.5. The minimum absolute atomic E-state index is 0.00276. The maximum Gasteiger partial charge on any atom is 0.257 e. The molecule has 0 saturated carbocycles. The lowest BCUT2D eigenvalue weighted by molar-refractivity contribution is -0.125. The predicted molar refractivity (Wildman–Crippen MR) is 111 cm³/mol. The van der Waals surface area contributed by atoms with E-state index in [1.54, 1.807) is 36.4 Å². The Morgan fingerprint density at radius 2 is 2.04 bits per heavy atom. The van der Waals surface area contributed by atoms with Crippen LogP contribution in [0, 0.1) is 5.82 Å². The number of carbonyl (C=O) groups excluding carboxylic acids is 2. The van der Waals surface area contributed by atoms with Gasteiger partial charge in [-0.05, 0) is 43.2 Å². The number of hydrogen-bond acceptors (Lipinski definition) is 3. The van der Waals surface area contributed by atoms with Crippen LogP contribution in [-0.4, -0.2) is 34.6 Å². The molecule has 0 unspecified atom stereocenters. The molecule has 7 heteroatoms. The zero-order chi connectivity index (χ0) is 20.3. The van der Waals surface area contributed by atoms with Gasteiger partial charge in [-0.3, -0.25) is 9.59 Å². The van der Waals surface area contributed by atoms with Crippen molar-refractivity contribution in [1.29, 1.82) is 0 Å². The second-order valence-electron chi connectivity index (χ2n) is 6.77. The summed E-state index contributed by atoms with van der Waals surface area (Å²) in [6.45, 7) is 3.90. The normalized spacial score (nSPS) is 20.1. The largest absolute Gasteiger partial charge is 0.352 e. The van der Waals surface area contributed by atoms with Crippen molar-refractivity contribution in [1.82, 2.24) is 10.2 Å². The molecule has 1 fully saturated rings. The first-order valence-electron chi connectivity index (χ1n) is 9.17. The molecule has 1 aliphatic heterocycles. The van der Waals surface area contributed by atoms with Gasteiger partial charge in [-0.15, -0.1) is 11.8 Å². The molecule has 1 saturated heterocycles. The molecule has 2 aromatic rings. The number of hydrogen-bond donors (Lipinski definition) is 1. The summed E-state index contributed by atoms with van der Waals surface area (Å²) < 4.78 is 13.8. The molecule has 0 aliphatic carbocycles. The topological polar surface area (TPSA) is 49.4 Å². The Kier molecular flexibility index (Phi) is 6.62. The van der Waals surface area contributed by atoms with Crippen LogP contribution in [0.3, 0.4) is 0 Å². The van der Waals surface area contributed by atoms with Crippen LogP contribution in [0.25, 0.3) is 0 Å². The monoisotopic (exact) mass is 420 g/mol. The molecular formula is C21H22ClFN2O2S. The average molecular weight is 421 g/mol. The molecule has 0 radical (unpaired) electrons. The third-order valence-electron chi connectivity index (χ3n) is 4.78. The molecular weight excluding hydrogens is 399 g/mol. The van der Waals surface area contributed by atoms with Crippen LogP contribution in [0.2, 0.25) is 5.02 Å². The first kappa shape index (κ1) is 20.7. The molecule has 1 N–H and O–H groups in total. The summed E-state index contributed by atoms with van der Waals surface area (Å²) in [6.07, 6.45) is 0.789. The van der Waals surface area contributed by atoms with E-state index in [-0.39, 0.29) is 23.7 Å². The maximum absolute atomic E-state index is 13.8.